The first kappa shape index (κ1) is 23.2. The van der Waals surface area contributed by atoms with E-state index in [9.17, 15) is 18.0 Å². The molecule has 1 atom stereocenters. The Labute approximate surface area is 158 Å². The van der Waals surface area contributed by atoms with E-state index in [1.54, 1.807) is 7.05 Å². The molecule has 0 aromatic heterocycles. The van der Waals surface area contributed by atoms with Crippen LogP contribution in [0.4, 0.5) is 13.2 Å². The summed E-state index contributed by atoms with van der Waals surface area (Å²) < 4.78 is 36.8. The van der Waals surface area contributed by atoms with E-state index >= 15 is 0 Å². The van der Waals surface area contributed by atoms with E-state index < -0.39 is 12.7 Å². The second kappa shape index (κ2) is 11.0. The molecule has 1 heterocycles. The van der Waals surface area contributed by atoms with Gasteiger partial charge < -0.3 is 16.0 Å². The lowest BCUT2D eigenvalue weighted by molar-refractivity contribution is -0.142. The number of carbonyl (C=O) groups is 1. The normalized spacial score (nSPS) is 19.2. The summed E-state index contributed by atoms with van der Waals surface area (Å²) in [6, 6.07) is 0. The van der Waals surface area contributed by atoms with Crippen LogP contribution >= 0.6 is 24.0 Å². The number of hydrogen-bond donors (Lipinski definition) is 2. The first-order valence-electron chi connectivity index (χ1n) is 7.70. The fourth-order valence-corrected chi connectivity index (χ4v) is 2.78. The fourth-order valence-electron chi connectivity index (χ4n) is 2.78. The Balaban J connectivity index is 0.00000529. The monoisotopic (exact) mass is 465 g/mol. The van der Waals surface area contributed by atoms with Crippen molar-refractivity contribution >= 4 is 35.8 Å². The van der Waals surface area contributed by atoms with Crippen LogP contribution in [0.15, 0.2) is 4.99 Å². The minimum absolute atomic E-state index is 0. The van der Waals surface area contributed by atoms with E-state index in [1.807, 2.05) is 4.90 Å². The van der Waals surface area contributed by atoms with Gasteiger partial charge in [-0.1, -0.05) is 0 Å². The number of amides is 1. The van der Waals surface area contributed by atoms with Crippen molar-refractivity contribution in [1.29, 1.82) is 0 Å². The molecule has 0 bridgehead atoms. The van der Waals surface area contributed by atoms with Crippen molar-refractivity contribution in [3.8, 4) is 0 Å². The summed E-state index contributed by atoms with van der Waals surface area (Å²) in [6.07, 6.45) is -1.95. The third kappa shape index (κ3) is 9.50. The molecule has 1 fully saturated rings. The number of guanidine groups is 1. The Hall–Kier alpha value is -0.780. The molecule has 0 aliphatic carbocycles. The smallest absolute Gasteiger partial charge is 0.370 e. The molecule has 0 aromatic carbocycles. The molecule has 1 aliphatic heterocycles. The number of nitrogens with one attached hydrogen (secondary N) is 1. The number of primary amides is 1. The van der Waals surface area contributed by atoms with Crippen molar-refractivity contribution in [2.75, 3.05) is 46.8 Å². The van der Waals surface area contributed by atoms with Crippen molar-refractivity contribution in [3.05, 3.63) is 0 Å². The second-order valence-electron chi connectivity index (χ2n) is 5.95. The van der Waals surface area contributed by atoms with Crippen LogP contribution in [0.1, 0.15) is 19.3 Å². The zero-order valence-electron chi connectivity index (χ0n) is 14.1. The lowest BCUT2D eigenvalue weighted by atomic mass is 9.95. The third-order valence-corrected chi connectivity index (χ3v) is 3.75. The maximum atomic E-state index is 12.3. The van der Waals surface area contributed by atoms with Gasteiger partial charge in [-0.2, -0.15) is 13.2 Å². The van der Waals surface area contributed by atoms with Gasteiger partial charge in [-0.05, 0) is 25.8 Å². The molecule has 0 spiro atoms. The number of likely N-dealkylation sites (tertiary alicyclic amines) is 1. The number of halogens is 4. The van der Waals surface area contributed by atoms with E-state index in [2.05, 4.69) is 10.3 Å². The van der Waals surface area contributed by atoms with Gasteiger partial charge in [0.1, 0.15) is 0 Å². The predicted octanol–water partition coefficient (Wildman–Crippen LogP) is 1.26. The summed E-state index contributed by atoms with van der Waals surface area (Å²) in [6.45, 7) is 1.19. The van der Waals surface area contributed by atoms with Crippen molar-refractivity contribution in [3.63, 3.8) is 0 Å². The van der Waals surface area contributed by atoms with Crippen LogP contribution in [0.3, 0.4) is 0 Å². The number of rotatable bonds is 6. The quantitative estimate of drug-likeness (QED) is 0.352. The summed E-state index contributed by atoms with van der Waals surface area (Å²) in [5, 5.41) is 3.08. The van der Waals surface area contributed by atoms with Crippen molar-refractivity contribution in [2.45, 2.75) is 25.4 Å². The van der Waals surface area contributed by atoms with Crippen molar-refractivity contribution < 1.29 is 18.0 Å². The van der Waals surface area contributed by atoms with Gasteiger partial charge in [-0.3, -0.25) is 14.7 Å². The predicted molar refractivity (Wildman–Crippen MR) is 98.4 cm³/mol. The molecule has 0 saturated carbocycles. The Bertz CT molecular complexity index is 420. The number of piperidine rings is 1. The van der Waals surface area contributed by atoms with Crippen molar-refractivity contribution in [2.24, 2.45) is 16.6 Å². The largest absolute Gasteiger partial charge is 0.401 e. The van der Waals surface area contributed by atoms with Crippen LogP contribution in [0, 0.1) is 5.92 Å². The van der Waals surface area contributed by atoms with Crippen molar-refractivity contribution in [1.82, 2.24) is 15.1 Å². The number of hydrogen-bond acceptors (Lipinski definition) is 3. The van der Waals surface area contributed by atoms with Gasteiger partial charge in [0.25, 0.3) is 0 Å². The summed E-state index contributed by atoms with van der Waals surface area (Å²) in [4.78, 5) is 18.4. The Morgan fingerprint density at radius 3 is 2.67 bits per heavy atom. The number of nitrogens with two attached hydrogens (primary N) is 1. The molecule has 3 N–H and O–H groups in total. The molecular weight excluding hydrogens is 438 g/mol. The second-order valence-corrected chi connectivity index (χ2v) is 5.95. The molecule has 24 heavy (non-hydrogen) atoms. The number of likely N-dealkylation sites (N-methyl/N-ethyl adjacent to an activating group) is 1. The van der Waals surface area contributed by atoms with Crippen LogP contribution in [-0.4, -0.2) is 74.7 Å². The summed E-state index contributed by atoms with van der Waals surface area (Å²) in [7, 11) is 3.07. The number of alkyl halides is 3. The first-order chi connectivity index (χ1) is 10.7. The molecule has 1 rings (SSSR count). The highest BCUT2D eigenvalue weighted by atomic mass is 127. The zero-order chi connectivity index (χ0) is 17.5. The summed E-state index contributed by atoms with van der Waals surface area (Å²) in [5.41, 5.74) is 5.24. The van der Waals surface area contributed by atoms with E-state index in [0.29, 0.717) is 25.5 Å². The maximum Gasteiger partial charge on any atom is 0.401 e. The highest BCUT2D eigenvalue weighted by Gasteiger charge is 2.29. The molecule has 1 unspecified atom stereocenters. The average molecular weight is 465 g/mol. The maximum absolute atomic E-state index is 12.3. The molecule has 1 saturated heterocycles. The first-order valence-corrected chi connectivity index (χ1v) is 7.70. The van der Waals surface area contributed by atoms with E-state index in [-0.39, 0.29) is 42.3 Å². The molecule has 6 nitrogen and oxygen atoms in total. The fraction of sp³-hybridized carbons (Fsp3) is 0.857. The number of carbonyl (C=O) groups excluding carboxylic acids is 1. The zero-order valence-corrected chi connectivity index (χ0v) is 16.4. The van der Waals surface area contributed by atoms with Crippen LogP contribution in [0.5, 0.6) is 0 Å². The number of nitrogens with zero attached hydrogens (tertiary/aromatic N) is 3. The topological polar surface area (TPSA) is 74.0 Å². The molecule has 142 valence electrons. The molecule has 0 aromatic rings. The lowest BCUT2D eigenvalue weighted by Crippen LogP contribution is -2.48. The average Bonchev–Trinajstić information content (AvgIpc) is 2.41. The number of aliphatic imine (C=N–C) groups is 1. The molecular formula is C14H27F3IN5O. The van der Waals surface area contributed by atoms with Crippen LogP contribution in [0.25, 0.3) is 0 Å². The standard InChI is InChI=1S/C14H26F3N5O.HI/c1-19-13(20-5-7-21(2)10-14(15,16)17)22-6-3-4-11(9-22)8-12(18)23;/h11H,3-10H2,1-2H3,(H2,18,23)(H,19,20);1H. The van der Waals surface area contributed by atoms with Gasteiger partial charge in [-0.25, -0.2) is 0 Å². The van der Waals surface area contributed by atoms with Gasteiger partial charge in [-0.15, -0.1) is 24.0 Å². The Kier molecular flexibility index (Phi) is 10.6. The van der Waals surface area contributed by atoms with Crippen LogP contribution in [-0.2, 0) is 4.79 Å². The summed E-state index contributed by atoms with van der Waals surface area (Å²) >= 11 is 0. The Morgan fingerprint density at radius 1 is 1.46 bits per heavy atom. The van der Waals surface area contributed by atoms with Gasteiger partial charge >= 0.3 is 6.18 Å². The van der Waals surface area contributed by atoms with Gasteiger partial charge in [0.15, 0.2) is 5.96 Å². The van der Waals surface area contributed by atoms with Gasteiger partial charge in [0, 0.05) is 39.6 Å². The highest BCUT2D eigenvalue weighted by molar-refractivity contribution is 14.0. The molecule has 10 heteroatoms. The molecule has 1 amide bonds. The summed E-state index contributed by atoms with van der Waals surface area (Å²) in [5.74, 6) is 0.542. The minimum Gasteiger partial charge on any atom is -0.370 e. The van der Waals surface area contributed by atoms with Gasteiger partial charge in [0.05, 0.1) is 6.54 Å². The van der Waals surface area contributed by atoms with Gasteiger partial charge in [0.2, 0.25) is 5.91 Å². The van der Waals surface area contributed by atoms with Crippen LogP contribution in [0.2, 0.25) is 0 Å². The lowest BCUT2D eigenvalue weighted by Gasteiger charge is -2.34. The van der Waals surface area contributed by atoms with E-state index in [4.69, 9.17) is 5.73 Å². The Morgan fingerprint density at radius 2 is 2.12 bits per heavy atom. The third-order valence-electron chi connectivity index (χ3n) is 3.75. The van der Waals surface area contributed by atoms with Crippen LogP contribution < -0.4 is 11.1 Å². The molecule has 0 radical (unpaired) electrons. The van der Waals surface area contributed by atoms with E-state index in [1.165, 1.54) is 11.9 Å². The van der Waals surface area contributed by atoms with E-state index in [0.717, 1.165) is 19.4 Å². The SMILES string of the molecule is CN=C(NCCN(C)CC(F)(F)F)N1CCCC(CC(N)=O)C1.I. The highest BCUT2D eigenvalue weighted by Crippen LogP contribution is 2.19. The molecule has 1 aliphatic rings. The minimum atomic E-state index is -4.19.